The van der Waals surface area contributed by atoms with E-state index in [1.54, 1.807) is 12.4 Å². The number of ether oxygens (including phenoxy) is 2. The number of halogens is 1. The predicted molar refractivity (Wildman–Crippen MR) is 137 cm³/mol. The van der Waals surface area contributed by atoms with E-state index in [-0.39, 0.29) is 11.9 Å². The molecular formula is C26H28ClN5O3. The number of benzene rings is 2. The molecule has 0 radical (unpaired) electrons. The van der Waals surface area contributed by atoms with Gasteiger partial charge in [0, 0.05) is 49.9 Å². The van der Waals surface area contributed by atoms with E-state index in [0.717, 1.165) is 35.5 Å². The Kier molecular flexibility index (Phi) is 6.86. The lowest BCUT2D eigenvalue weighted by atomic mass is 9.73. The van der Waals surface area contributed by atoms with E-state index in [1.165, 1.54) is 0 Å². The Morgan fingerprint density at radius 2 is 1.60 bits per heavy atom. The molecule has 0 spiro atoms. The van der Waals surface area contributed by atoms with E-state index >= 15 is 0 Å². The standard InChI is InChI=1S/C26H28ClN5O3/c27-22-15-21(5-6-23(22)32-9-13-35-14-10-32)31-24(33)26(7-11-34-12-8-26)20-3-1-18(2-4-20)19-16-29-25(28)30-17-19/h1-6,15-17H,7-14H2,(H,31,33)(H2,28,29,30). The molecule has 182 valence electrons. The number of nitrogens with one attached hydrogen (secondary N) is 1. The van der Waals surface area contributed by atoms with E-state index in [2.05, 4.69) is 20.2 Å². The quantitative estimate of drug-likeness (QED) is 0.555. The first-order valence-electron chi connectivity index (χ1n) is 11.8. The molecular weight excluding hydrogens is 466 g/mol. The van der Waals surface area contributed by atoms with Gasteiger partial charge in [-0.3, -0.25) is 4.79 Å². The SMILES string of the molecule is Nc1ncc(-c2ccc(C3(C(=O)Nc4ccc(N5CCOCC5)c(Cl)c4)CCOCC3)cc2)cn1. The predicted octanol–water partition coefficient (Wildman–Crippen LogP) is 3.90. The smallest absolute Gasteiger partial charge is 0.235 e. The molecule has 2 saturated heterocycles. The third-order valence-electron chi connectivity index (χ3n) is 6.78. The van der Waals surface area contributed by atoms with Crippen molar-refractivity contribution in [1.82, 2.24) is 9.97 Å². The Balaban J connectivity index is 1.37. The van der Waals surface area contributed by atoms with Gasteiger partial charge >= 0.3 is 0 Å². The van der Waals surface area contributed by atoms with E-state index in [0.29, 0.717) is 50.0 Å². The summed E-state index contributed by atoms with van der Waals surface area (Å²) in [6.45, 7) is 4.02. The van der Waals surface area contributed by atoms with E-state index in [4.69, 9.17) is 26.8 Å². The van der Waals surface area contributed by atoms with Gasteiger partial charge in [-0.05, 0) is 42.2 Å². The van der Waals surface area contributed by atoms with Crippen LogP contribution in [0.5, 0.6) is 0 Å². The van der Waals surface area contributed by atoms with Crippen LogP contribution in [0.1, 0.15) is 18.4 Å². The highest BCUT2D eigenvalue weighted by atomic mass is 35.5. The van der Waals surface area contributed by atoms with Crippen molar-refractivity contribution in [1.29, 1.82) is 0 Å². The van der Waals surface area contributed by atoms with Gasteiger partial charge < -0.3 is 25.4 Å². The summed E-state index contributed by atoms with van der Waals surface area (Å²) >= 11 is 6.60. The third-order valence-corrected chi connectivity index (χ3v) is 7.08. The normalized spacial score (nSPS) is 17.7. The molecule has 0 atom stereocenters. The monoisotopic (exact) mass is 493 g/mol. The molecule has 8 nitrogen and oxygen atoms in total. The topological polar surface area (TPSA) is 103 Å². The molecule has 2 aliphatic rings. The van der Waals surface area contributed by atoms with E-state index in [9.17, 15) is 4.79 Å². The van der Waals surface area contributed by atoms with Crippen molar-refractivity contribution in [3.63, 3.8) is 0 Å². The molecule has 2 aliphatic heterocycles. The molecule has 2 aromatic carbocycles. The number of carbonyl (C=O) groups is 1. The maximum Gasteiger partial charge on any atom is 0.235 e. The number of rotatable bonds is 5. The van der Waals surface area contributed by atoms with Crippen molar-refractivity contribution in [3.05, 3.63) is 65.4 Å². The zero-order valence-corrected chi connectivity index (χ0v) is 20.1. The molecule has 9 heteroatoms. The van der Waals surface area contributed by atoms with E-state index in [1.807, 2.05) is 42.5 Å². The summed E-state index contributed by atoms with van der Waals surface area (Å²) in [6, 6.07) is 13.7. The number of anilines is 3. The van der Waals surface area contributed by atoms with Crippen LogP contribution >= 0.6 is 11.6 Å². The minimum atomic E-state index is -0.691. The van der Waals surface area contributed by atoms with Crippen LogP contribution in [0.3, 0.4) is 0 Å². The van der Waals surface area contributed by atoms with Crippen molar-refractivity contribution in [2.45, 2.75) is 18.3 Å². The summed E-state index contributed by atoms with van der Waals surface area (Å²) in [7, 11) is 0. The van der Waals surface area contributed by atoms with Gasteiger partial charge in [-0.15, -0.1) is 0 Å². The Morgan fingerprint density at radius 1 is 0.943 bits per heavy atom. The van der Waals surface area contributed by atoms with Gasteiger partial charge in [-0.2, -0.15) is 0 Å². The van der Waals surface area contributed by atoms with Crippen molar-refractivity contribution in [2.75, 3.05) is 55.5 Å². The highest BCUT2D eigenvalue weighted by Crippen LogP contribution is 2.38. The minimum absolute atomic E-state index is 0.0560. The molecule has 3 heterocycles. The number of morpholine rings is 1. The largest absolute Gasteiger partial charge is 0.381 e. The fourth-order valence-electron chi connectivity index (χ4n) is 4.73. The second-order valence-electron chi connectivity index (χ2n) is 8.82. The van der Waals surface area contributed by atoms with Crippen LogP contribution in [0.2, 0.25) is 5.02 Å². The first-order chi connectivity index (χ1) is 17.0. The lowest BCUT2D eigenvalue weighted by Gasteiger charge is -2.36. The lowest BCUT2D eigenvalue weighted by molar-refractivity contribution is -0.125. The lowest BCUT2D eigenvalue weighted by Crippen LogP contribution is -2.44. The van der Waals surface area contributed by atoms with Crippen molar-refractivity contribution < 1.29 is 14.3 Å². The molecule has 0 saturated carbocycles. The van der Waals surface area contributed by atoms with Gasteiger partial charge in [-0.25, -0.2) is 9.97 Å². The van der Waals surface area contributed by atoms with Gasteiger partial charge in [0.15, 0.2) is 0 Å². The molecule has 0 aliphatic carbocycles. The van der Waals surface area contributed by atoms with Crippen LogP contribution < -0.4 is 16.0 Å². The summed E-state index contributed by atoms with van der Waals surface area (Å²) in [5, 5.41) is 3.73. The number of nitrogens with two attached hydrogens (primary N) is 1. The number of nitrogen functional groups attached to an aromatic ring is 1. The second-order valence-corrected chi connectivity index (χ2v) is 9.23. The van der Waals surface area contributed by atoms with Gasteiger partial charge in [0.1, 0.15) is 0 Å². The number of carbonyl (C=O) groups excluding carboxylic acids is 1. The van der Waals surface area contributed by atoms with Crippen molar-refractivity contribution >= 4 is 34.8 Å². The maximum absolute atomic E-state index is 13.7. The fraction of sp³-hybridized carbons (Fsp3) is 0.346. The molecule has 5 rings (SSSR count). The summed E-state index contributed by atoms with van der Waals surface area (Å²) in [6.07, 6.45) is 4.59. The number of hydrogen-bond donors (Lipinski definition) is 2. The number of amides is 1. The Labute approximate surface area is 209 Å². The van der Waals surface area contributed by atoms with Crippen molar-refractivity contribution in [2.24, 2.45) is 0 Å². The molecule has 0 unspecified atom stereocenters. The van der Waals surface area contributed by atoms with E-state index < -0.39 is 5.41 Å². The van der Waals surface area contributed by atoms with Crippen LogP contribution in [0.25, 0.3) is 11.1 Å². The number of nitrogens with zero attached hydrogens (tertiary/aromatic N) is 3. The Morgan fingerprint density at radius 3 is 2.26 bits per heavy atom. The number of hydrogen-bond acceptors (Lipinski definition) is 7. The second kappa shape index (κ2) is 10.2. The maximum atomic E-state index is 13.7. The van der Waals surface area contributed by atoms with Gasteiger partial charge in [0.05, 0.1) is 29.3 Å². The average Bonchev–Trinajstić information content (AvgIpc) is 2.90. The van der Waals surface area contributed by atoms with Crippen LogP contribution in [0, 0.1) is 0 Å². The summed E-state index contributed by atoms with van der Waals surface area (Å²) in [5.41, 5.74) is 9.32. The van der Waals surface area contributed by atoms with Crippen molar-refractivity contribution in [3.8, 4) is 11.1 Å². The zero-order chi connectivity index (χ0) is 24.3. The average molecular weight is 494 g/mol. The van der Waals surface area contributed by atoms with Crippen LogP contribution in [0.15, 0.2) is 54.9 Å². The van der Waals surface area contributed by atoms with Gasteiger partial charge in [0.25, 0.3) is 0 Å². The molecule has 3 aromatic rings. The van der Waals surface area contributed by atoms with Crippen LogP contribution in [0.4, 0.5) is 17.3 Å². The van der Waals surface area contributed by atoms with Gasteiger partial charge in [0.2, 0.25) is 11.9 Å². The minimum Gasteiger partial charge on any atom is -0.381 e. The van der Waals surface area contributed by atoms with Crippen LogP contribution in [-0.2, 0) is 19.7 Å². The summed E-state index contributed by atoms with van der Waals surface area (Å²) in [4.78, 5) is 24.0. The third kappa shape index (κ3) is 4.96. The molecule has 3 N–H and O–H groups in total. The Bertz CT molecular complexity index is 1170. The first-order valence-corrected chi connectivity index (χ1v) is 12.1. The summed E-state index contributed by atoms with van der Waals surface area (Å²) in [5.74, 6) is 0.181. The molecule has 1 aromatic heterocycles. The van der Waals surface area contributed by atoms with Gasteiger partial charge in [-0.1, -0.05) is 35.9 Å². The number of aromatic nitrogens is 2. The molecule has 2 fully saturated rings. The Hall–Kier alpha value is -3.20. The molecule has 1 amide bonds. The van der Waals surface area contributed by atoms with Crippen LogP contribution in [-0.4, -0.2) is 55.4 Å². The molecule has 35 heavy (non-hydrogen) atoms. The fourth-order valence-corrected chi connectivity index (χ4v) is 5.03. The summed E-state index contributed by atoms with van der Waals surface area (Å²) < 4.78 is 11.0. The highest BCUT2D eigenvalue weighted by Gasteiger charge is 2.41. The zero-order valence-electron chi connectivity index (χ0n) is 19.4. The highest BCUT2D eigenvalue weighted by molar-refractivity contribution is 6.33. The first kappa shape index (κ1) is 23.5. The molecule has 0 bridgehead atoms.